The van der Waals surface area contributed by atoms with E-state index in [1.165, 1.54) is 0 Å². The fourth-order valence-electron chi connectivity index (χ4n) is 4.29. The van der Waals surface area contributed by atoms with Gasteiger partial charge >= 0.3 is 0 Å². The number of hydrogen-bond donors (Lipinski definition) is 3. The Morgan fingerprint density at radius 2 is 1.81 bits per heavy atom. The van der Waals surface area contributed by atoms with Crippen LogP contribution >= 0.6 is 0 Å². The smallest absolute Gasteiger partial charge is 0.281 e. The number of aryl methyl sites for hydroxylation is 3. The first-order valence-electron chi connectivity index (χ1n) is 10.6. The number of amides is 2. The first-order chi connectivity index (χ1) is 15.5. The predicted octanol–water partition coefficient (Wildman–Crippen LogP) is 2.62. The van der Waals surface area contributed by atoms with E-state index in [-0.39, 0.29) is 0 Å². The maximum absolute atomic E-state index is 13.1. The summed E-state index contributed by atoms with van der Waals surface area (Å²) in [6, 6.07) is 11.3. The minimum atomic E-state index is -0.441. The van der Waals surface area contributed by atoms with Crippen LogP contribution in [0.4, 0.5) is 0 Å². The van der Waals surface area contributed by atoms with Crippen molar-refractivity contribution < 1.29 is 9.59 Å². The molecule has 9 heteroatoms. The van der Waals surface area contributed by atoms with Gasteiger partial charge in [-0.05, 0) is 38.7 Å². The summed E-state index contributed by atoms with van der Waals surface area (Å²) in [5.74, 6) is -0.877. The lowest BCUT2D eigenvalue weighted by Crippen LogP contribution is -2.42. The van der Waals surface area contributed by atoms with Crippen LogP contribution in [0.5, 0.6) is 0 Å². The number of rotatable bonds is 3. The molecular weight excluding hydrogens is 406 g/mol. The fraction of sp³-hybridized carbons (Fsp3) is 0.261. The van der Waals surface area contributed by atoms with E-state index in [1.54, 1.807) is 17.8 Å². The molecular formula is C23H23N7O2. The number of hydrogen-bond acceptors (Lipinski definition) is 5. The second kappa shape index (κ2) is 7.92. The van der Waals surface area contributed by atoms with Crippen molar-refractivity contribution in [3.8, 4) is 11.3 Å². The van der Waals surface area contributed by atoms with Crippen molar-refractivity contribution in [3.63, 3.8) is 0 Å². The Kier molecular flexibility index (Phi) is 4.93. The molecule has 0 fully saturated rings. The van der Waals surface area contributed by atoms with Crippen LogP contribution < -0.4 is 10.9 Å². The molecule has 0 bridgehead atoms. The van der Waals surface area contributed by atoms with E-state index >= 15 is 0 Å². The largest absolute Gasteiger partial charge is 0.290 e. The Bertz CT molecular complexity index is 1340. The van der Waals surface area contributed by atoms with Crippen molar-refractivity contribution in [2.24, 2.45) is 7.05 Å². The molecule has 0 unspecified atom stereocenters. The molecule has 0 saturated heterocycles. The number of hydrazine groups is 1. The van der Waals surface area contributed by atoms with Crippen molar-refractivity contribution in [1.82, 2.24) is 35.8 Å². The summed E-state index contributed by atoms with van der Waals surface area (Å²) in [5.41, 5.74) is 10.5. The van der Waals surface area contributed by atoms with Crippen molar-refractivity contribution in [1.29, 1.82) is 0 Å². The minimum Gasteiger partial charge on any atom is -0.281 e. The Morgan fingerprint density at radius 1 is 1.06 bits per heavy atom. The van der Waals surface area contributed by atoms with Gasteiger partial charge in [0.25, 0.3) is 11.8 Å². The molecule has 0 atom stereocenters. The quantitative estimate of drug-likeness (QED) is 0.433. The van der Waals surface area contributed by atoms with Crippen LogP contribution in [0, 0.1) is 6.92 Å². The SMILES string of the molecule is Cc1nn(C)c2nc(-c3ccccc3)cc(C(=O)NNC(=O)c3n[nH]c4c3CCCC4)c12. The average molecular weight is 429 g/mol. The summed E-state index contributed by atoms with van der Waals surface area (Å²) in [5, 5.41) is 12.2. The summed E-state index contributed by atoms with van der Waals surface area (Å²) in [6.45, 7) is 1.83. The number of carbonyl (C=O) groups is 2. The molecule has 0 spiro atoms. The van der Waals surface area contributed by atoms with E-state index in [1.807, 2.05) is 37.3 Å². The lowest BCUT2D eigenvalue weighted by Gasteiger charge is -2.12. The van der Waals surface area contributed by atoms with Gasteiger partial charge in [0.2, 0.25) is 0 Å². The molecule has 4 aromatic rings. The number of aromatic nitrogens is 5. The standard InChI is InChI=1S/C23H23N7O2/c1-13-19-16(12-18(14-8-4-3-5-9-14)24-21(19)30(2)29-13)22(31)27-28-23(32)20-15-10-6-7-11-17(15)25-26-20/h3-5,8-9,12H,6-7,10-11H2,1-2H3,(H,25,26)(H,27,31)(H,28,32). The van der Waals surface area contributed by atoms with E-state index < -0.39 is 11.8 Å². The van der Waals surface area contributed by atoms with E-state index in [0.29, 0.717) is 33.7 Å². The number of pyridine rings is 1. The fourth-order valence-corrected chi connectivity index (χ4v) is 4.29. The lowest BCUT2D eigenvalue weighted by atomic mass is 9.96. The molecule has 9 nitrogen and oxygen atoms in total. The van der Waals surface area contributed by atoms with Gasteiger partial charge in [-0.15, -0.1) is 0 Å². The topological polar surface area (TPSA) is 118 Å². The molecule has 1 aromatic carbocycles. The van der Waals surface area contributed by atoms with Crippen molar-refractivity contribution in [2.75, 3.05) is 0 Å². The Balaban J connectivity index is 1.45. The molecule has 0 saturated carbocycles. The highest BCUT2D eigenvalue weighted by atomic mass is 16.2. The second-order valence-corrected chi connectivity index (χ2v) is 7.97. The summed E-state index contributed by atoms with van der Waals surface area (Å²) in [7, 11) is 1.79. The van der Waals surface area contributed by atoms with Crippen LogP contribution in [-0.4, -0.2) is 36.8 Å². The third-order valence-corrected chi connectivity index (χ3v) is 5.84. The van der Waals surface area contributed by atoms with E-state index in [4.69, 9.17) is 4.98 Å². The Labute approximate surface area is 184 Å². The van der Waals surface area contributed by atoms with Crippen LogP contribution in [0.15, 0.2) is 36.4 Å². The second-order valence-electron chi connectivity index (χ2n) is 7.97. The van der Waals surface area contributed by atoms with Gasteiger partial charge < -0.3 is 0 Å². The molecule has 0 radical (unpaired) electrons. The number of nitrogens with one attached hydrogen (secondary N) is 3. The summed E-state index contributed by atoms with van der Waals surface area (Å²) >= 11 is 0. The predicted molar refractivity (Wildman–Crippen MR) is 119 cm³/mol. The maximum Gasteiger partial charge on any atom is 0.290 e. The van der Waals surface area contributed by atoms with E-state index in [0.717, 1.165) is 42.5 Å². The Hall–Kier alpha value is -4.01. The first kappa shape index (κ1) is 19.9. The number of benzene rings is 1. The van der Waals surface area contributed by atoms with Gasteiger partial charge in [-0.3, -0.25) is 30.2 Å². The highest BCUT2D eigenvalue weighted by Gasteiger charge is 2.23. The van der Waals surface area contributed by atoms with Crippen molar-refractivity contribution in [3.05, 3.63) is 64.6 Å². The number of H-pyrrole nitrogens is 1. The van der Waals surface area contributed by atoms with Crippen LogP contribution in [0.25, 0.3) is 22.3 Å². The Morgan fingerprint density at radius 3 is 2.62 bits per heavy atom. The van der Waals surface area contributed by atoms with Gasteiger partial charge in [0.15, 0.2) is 11.3 Å². The van der Waals surface area contributed by atoms with Crippen LogP contribution in [0.3, 0.4) is 0 Å². The minimum absolute atomic E-state index is 0.336. The van der Waals surface area contributed by atoms with Gasteiger partial charge in [-0.2, -0.15) is 10.2 Å². The summed E-state index contributed by atoms with van der Waals surface area (Å²) in [4.78, 5) is 30.6. The molecule has 3 N–H and O–H groups in total. The zero-order valence-corrected chi connectivity index (χ0v) is 17.9. The van der Waals surface area contributed by atoms with Gasteiger partial charge in [0.05, 0.1) is 22.3 Å². The highest BCUT2D eigenvalue weighted by molar-refractivity contribution is 6.08. The number of carbonyl (C=O) groups excluding carboxylic acids is 2. The maximum atomic E-state index is 13.1. The molecule has 3 aromatic heterocycles. The molecule has 32 heavy (non-hydrogen) atoms. The van der Waals surface area contributed by atoms with Crippen molar-refractivity contribution in [2.45, 2.75) is 32.6 Å². The molecule has 0 aliphatic heterocycles. The zero-order chi connectivity index (χ0) is 22.2. The highest BCUT2D eigenvalue weighted by Crippen LogP contribution is 2.27. The van der Waals surface area contributed by atoms with Gasteiger partial charge in [0.1, 0.15) is 0 Å². The van der Waals surface area contributed by atoms with Gasteiger partial charge in [0, 0.05) is 23.9 Å². The van der Waals surface area contributed by atoms with Gasteiger partial charge in [-0.25, -0.2) is 4.98 Å². The molecule has 5 rings (SSSR count). The lowest BCUT2D eigenvalue weighted by molar-refractivity contribution is 0.0844. The van der Waals surface area contributed by atoms with E-state index in [9.17, 15) is 9.59 Å². The third kappa shape index (κ3) is 3.41. The summed E-state index contributed by atoms with van der Waals surface area (Å²) in [6.07, 6.45) is 3.80. The zero-order valence-electron chi connectivity index (χ0n) is 17.9. The third-order valence-electron chi connectivity index (χ3n) is 5.84. The molecule has 162 valence electrons. The van der Waals surface area contributed by atoms with Crippen LogP contribution in [-0.2, 0) is 19.9 Å². The number of aromatic amines is 1. The van der Waals surface area contributed by atoms with Crippen LogP contribution in [0.1, 0.15) is 50.6 Å². The average Bonchev–Trinajstić information content (AvgIpc) is 3.38. The van der Waals surface area contributed by atoms with Gasteiger partial charge in [-0.1, -0.05) is 30.3 Å². The number of nitrogens with zero attached hydrogens (tertiary/aromatic N) is 4. The molecule has 1 aliphatic carbocycles. The van der Waals surface area contributed by atoms with Crippen molar-refractivity contribution >= 4 is 22.8 Å². The van der Waals surface area contributed by atoms with Crippen LogP contribution in [0.2, 0.25) is 0 Å². The molecule has 2 amide bonds. The molecule has 1 aliphatic rings. The number of fused-ring (bicyclic) bond motifs is 2. The monoisotopic (exact) mass is 429 g/mol. The normalized spacial score (nSPS) is 13.1. The summed E-state index contributed by atoms with van der Waals surface area (Å²) < 4.78 is 1.66. The first-order valence-corrected chi connectivity index (χ1v) is 10.6. The van der Waals surface area contributed by atoms with E-state index in [2.05, 4.69) is 26.1 Å². The molecule has 3 heterocycles.